The number of phenols is 1. The molecule has 1 atom stereocenters. The van der Waals surface area contributed by atoms with Crippen LogP contribution in [0.5, 0.6) is 5.75 Å². The van der Waals surface area contributed by atoms with Gasteiger partial charge in [-0.25, -0.2) is 0 Å². The van der Waals surface area contributed by atoms with E-state index < -0.39 is 0 Å². The lowest BCUT2D eigenvalue weighted by Gasteiger charge is -2.16. The fourth-order valence-electron chi connectivity index (χ4n) is 1.91. The van der Waals surface area contributed by atoms with Crippen molar-refractivity contribution in [1.29, 1.82) is 0 Å². The van der Waals surface area contributed by atoms with Crippen LogP contribution in [0.15, 0.2) is 12.1 Å². The van der Waals surface area contributed by atoms with Crippen molar-refractivity contribution in [3.63, 3.8) is 0 Å². The first kappa shape index (κ1) is 14.5. The molecule has 1 aromatic rings. The zero-order chi connectivity index (χ0) is 13.7. The molecule has 0 aromatic heterocycles. The molecular weight excluding hydrogens is 228 g/mol. The normalized spacial score (nSPS) is 12.2. The van der Waals surface area contributed by atoms with Crippen LogP contribution in [-0.4, -0.2) is 17.6 Å². The number of nitrogens with one attached hydrogen (secondary N) is 1. The average Bonchev–Trinajstić information content (AvgIpc) is 2.36. The van der Waals surface area contributed by atoms with Crippen molar-refractivity contribution in [2.75, 3.05) is 11.9 Å². The van der Waals surface area contributed by atoms with Gasteiger partial charge in [0, 0.05) is 17.8 Å². The lowest BCUT2D eigenvalue weighted by molar-refractivity contribution is -0.119. The van der Waals surface area contributed by atoms with Gasteiger partial charge in [0.1, 0.15) is 5.75 Å². The van der Waals surface area contributed by atoms with Gasteiger partial charge in [0.05, 0.1) is 5.92 Å². The summed E-state index contributed by atoms with van der Waals surface area (Å²) >= 11 is 0. The van der Waals surface area contributed by atoms with E-state index in [1.54, 1.807) is 13.0 Å². The summed E-state index contributed by atoms with van der Waals surface area (Å²) < 4.78 is 0. The monoisotopic (exact) mass is 250 g/mol. The maximum Gasteiger partial charge on any atom is 0.228 e. The van der Waals surface area contributed by atoms with E-state index in [9.17, 15) is 9.90 Å². The molecule has 4 N–H and O–H groups in total. The molecule has 0 aliphatic carbocycles. The molecule has 0 heterocycles. The second kappa shape index (κ2) is 6.40. The molecule has 0 saturated heterocycles. The van der Waals surface area contributed by atoms with Gasteiger partial charge in [-0.15, -0.1) is 0 Å². The van der Waals surface area contributed by atoms with Crippen molar-refractivity contribution < 1.29 is 9.90 Å². The number of phenolic OH excluding ortho intramolecular Hbond substituents is 1. The number of anilines is 1. The first-order chi connectivity index (χ1) is 8.51. The molecule has 100 valence electrons. The molecule has 0 bridgehead atoms. The molecule has 18 heavy (non-hydrogen) atoms. The van der Waals surface area contributed by atoms with Crippen LogP contribution < -0.4 is 11.1 Å². The Morgan fingerprint density at radius 3 is 2.67 bits per heavy atom. The largest absolute Gasteiger partial charge is 0.507 e. The highest BCUT2D eigenvalue weighted by Gasteiger charge is 2.17. The topological polar surface area (TPSA) is 75.4 Å². The summed E-state index contributed by atoms with van der Waals surface area (Å²) in [6, 6.07) is 3.59. The quantitative estimate of drug-likeness (QED) is 0.750. The minimum Gasteiger partial charge on any atom is -0.507 e. The van der Waals surface area contributed by atoms with Crippen LogP contribution in [0, 0.1) is 19.8 Å². The van der Waals surface area contributed by atoms with Gasteiger partial charge in [-0.1, -0.05) is 19.4 Å². The summed E-state index contributed by atoms with van der Waals surface area (Å²) in [6.45, 7) is 5.98. The van der Waals surface area contributed by atoms with Crippen LogP contribution in [0.25, 0.3) is 0 Å². The first-order valence-electron chi connectivity index (χ1n) is 6.31. The van der Waals surface area contributed by atoms with Crippen molar-refractivity contribution >= 4 is 11.6 Å². The number of rotatable bonds is 5. The van der Waals surface area contributed by atoms with E-state index in [0.717, 1.165) is 18.4 Å². The fraction of sp³-hybridized carbons (Fsp3) is 0.500. The molecule has 1 aromatic carbocycles. The molecule has 0 fully saturated rings. The number of nitrogens with two attached hydrogens (primary N) is 1. The van der Waals surface area contributed by atoms with Gasteiger partial charge >= 0.3 is 0 Å². The Kier molecular flexibility index (Phi) is 5.16. The maximum absolute atomic E-state index is 12.0. The molecule has 1 unspecified atom stereocenters. The molecule has 1 amide bonds. The van der Waals surface area contributed by atoms with Gasteiger partial charge in [-0.2, -0.15) is 0 Å². The Hall–Kier alpha value is -1.55. The van der Waals surface area contributed by atoms with E-state index in [0.29, 0.717) is 17.8 Å². The molecule has 0 aliphatic heterocycles. The lowest BCUT2D eigenvalue weighted by atomic mass is 10.0. The second-order valence-corrected chi connectivity index (χ2v) is 4.61. The summed E-state index contributed by atoms with van der Waals surface area (Å²) in [6.07, 6.45) is 1.70. The maximum atomic E-state index is 12.0. The number of benzene rings is 1. The Balaban J connectivity index is 2.85. The van der Waals surface area contributed by atoms with Crippen LogP contribution >= 0.6 is 0 Å². The smallest absolute Gasteiger partial charge is 0.228 e. The third-order valence-corrected chi connectivity index (χ3v) is 3.18. The first-order valence-corrected chi connectivity index (χ1v) is 6.31. The minimum absolute atomic E-state index is 0.0781. The van der Waals surface area contributed by atoms with Crippen molar-refractivity contribution in [3.05, 3.63) is 23.3 Å². The number of aryl methyl sites for hydroxylation is 1. The van der Waals surface area contributed by atoms with Crippen LogP contribution in [0.3, 0.4) is 0 Å². The summed E-state index contributed by atoms with van der Waals surface area (Å²) in [5.41, 5.74) is 7.74. The zero-order valence-electron chi connectivity index (χ0n) is 11.3. The Bertz CT molecular complexity index is 430. The van der Waals surface area contributed by atoms with E-state index in [4.69, 9.17) is 5.73 Å². The van der Waals surface area contributed by atoms with Gasteiger partial charge in [0.15, 0.2) is 0 Å². The molecule has 4 heteroatoms. The molecule has 0 radical (unpaired) electrons. The molecule has 1 rings (SSSR count). The van der Waals surface area contributed by atoms with Crippen LogP contribution in [0.1, 0.15) is 30.9 Å². The van der Waals surface area contributed by atoms with E-state index in [2.05, 4.69) is 5.32 Å². The summed E-state index contributed by atoms with van der Waals surface area (Å²) in [4.78, 5) is 12.0. The summed E-state index contributed by atoms with van der Waals surface area (Å²) in [5.74, 6) is -0.0175. The number of carbonyl (C=O) groups excluding carboxylic acids is 1. The van der Waals surface area contributed by atoms with E-state index in [1.165, 1.54) is 0 Å². The minimum atomic E-state index is -0.169. The summed E-state index contributed by atoms with van der Waals surface area (Å²) in [7, 11) is 0. The van der Waals surface area contributed by atoms with E-state index >= 15 is 0 Å². The van der Waals surface area contributed by atoms with E-state index in [-0.39, 0.29) is 17.6 Å². The number of carbonyl (C=O) groups is 1. The van der Waals surface area contributed by atoms with Crippen LogP contribution in [0.4, 0.5) is 5.69 Å². The number of hydrogen-bond acceptors (Lipinski definition) is 3. The number of amides is 1. The zero-order valence-corrected chi connectivity index (χ0v) is 11.3. The third-order valence-electron chi connectivity index (χ3n) is 3.18. The van der Waals surface area contributed by atoms with Crippen LogP contribution in [0.2, 0.25) is 0 Å². The molecule has 0 aliphatic rings. The Labute approximate surface area is 108 Å². The Morgan fingerprint density at radius 1 is 1.44 bits per heavy atom. The molecule has 4 nitrogen and oxygen atoms in total. The third kappa shape index (κ3) is 3.23. The second-order valence-electron chi connectivity index (χ2n) is 4.61. The van der Waals surface area contributed by atoms with Crippen molar-refractivity contribution in [1.82, 2.24) is 0 Å². The average molecular weight is 250 g/mol. The fourth-order valence-corrected chi connectivity index (χ4v) is 1.91. The van der Waals surface area contributed by atoms with Crippen LogP contribution in [-0.2, 0) is 4.79 Å². The van der Waals surface area contributed by atoms with Gasteiger partial charge < -0.3 is 16.2 Å². The molecule has 0 spiro atoms. The highest BCUT2D eigenvalue weighted by molar-refractivity contribution is 5.93. The predicted octanol–water partition coefficient (Wildman–Crippen LogP) is 2.32. The molecular formula is C14H22N2O2. The lowest BCUT2D eigenvalue weighted by Crippen LogP contribution is -2.29. The van der Waals surface area contributed by atoms with Crippen molar-refractivity contribution in [2.45, 2.75) is 33.6 Å². The van der Waals surface area contributed by atoms with Gasteiger partial charge in [0.2, 0.25) is 5.91 Å². The van der Waals surface area contributed by atoms with Gasteiger partial charge in [-0.3, -0.25) is 4.79 Å². The SMILES string of the molecule is CCCC(CN)C(=O)Nc1ccc(C)c(O)c1C. The van der Waals surface area contributed by atoms with Gasteiger partial charge in [-0.05, 0) is 31.9 Å². The standard InChI is InChI=1S/C14H22N2O2/c1-4-5-11(8-15)14(18)16-12-7-6-9(2)13(17)10(12)3/h6-7,11,17H,4-5,8,15H2,1-3H3,(H,16,18). The van der Waals surface area contributed by atoms with Crippen molar-refractivity contribution in [2.24, 2.45) is 11.7 Å². The number of aromatic hydroxyl groups is 1. The van der Waals surface area contributed by atoms with Crippen molar-refractivity contribution in [3.8, 4) is 5.75 Å². The molecule has 0 saturated carbocycles. The summed E-state index contributed by atoms with van der Waals surface area (Å²) in [5, 5.41) is 12.7. The highest BCUT2D eigenvalue weighted by atomic mass is 16.3. The highest BCUT2D eigenvalue weighted by Crippen LogP contribution is 2.28. The Morgan fingerprint density at radius 2 is 2.11 bits per heavy atom. The predicted molar refractivity (Wildman–Crippen MR) is 73.7 cm³/mol. The van der Waals surface area contributed by atoms with Gasteiger partial charge in [0.25, 0.3) is 0 Å². The van der Waals surface area contributed by atoms with E-state index in [1.807, 2.05) is 19.9 Å². The number of hydrogen-bond donors (Lipinski definition) is 3.